The predicted molar refractivity (Wildman–Crippen MR) is 67.5 cm³/mol. The normalized spacial score (nSPS) is 36.2. The van der Waals surface area contributed by atoms with Crippen LogP contribution in [0.5, 0.6) is 0 Å². The average Bonchev–Trinajstić information content (AvgIpc) is 3.07. The van der Waals surface area contributed by atoms with Crippen molar-refractivity contribution < 1.29 is 19.1 Å². The number of barbiturate groups is 1. The van der Waals surface area contributed by atoms with Crippen molar-refractivity contribution in [1.82, 2.24) is 10.2 Å². The fraction of sp³-hybridized carbons (Fsp3) is 0.786. The van der Waals surface area contributed by atoms with E-state index in [9.17, 15) is 14.4 Å². The van der Waals surface area contributed by atoms with Gasteiger partial charge in [-0.1, -0.05) is 6.42 Å². The molecule has 0 bridgehead atoms. The lowest BCUT2D eigenvalue weighted by atomic mass is 9.66. The molecule has 20 heavy (non-hydrogen) atoms. The number of hydrogen-bond donors (Lipinski definition) is 1. The molecule has 4 aliphatic rings. The van der Waals surface area contributed by atoms with Crippen molar-refractivity contribution in [2.24, 2.45) is 11.3 Å². The maximum Gasteiger partial charge on any atom is 0.331 e. The highest BCUT2D eigenvalue weighted by Gasteiger charge is 2.60. The van der Waals surface area contributed by atoms with Crippen LogP contribution in [0.1, 0.15) is 38.5 Å². The molecule has 2 saturated heterocycles. The second-order valence-electron chi connectivity index (χ2n) is 6.40. The number of nitrogens with zero attached hydrogens (tertiary/aromatic N) is 1. The van der Waals surface area contributed by atoms with Gasteiger partial charge in [0.15, 0.2) is 0 Å². The van der Waals surface area contributed by atoms with E-state index in [4.69, 9.17) is 4.74 Å². The summed E-state index contributed by atoms with van der Waals surface area (Å²) in [5, 5.41) is 2.38. The van der Waals surface area contributed by atoms with Crippen molar-refractivity contribution in [3.05, 3.63) is 0 Å². The molecule has 0 aromatic rings. The lowest BCUT2D eigenvalue weighted by Crippen LogP contribution is -2.69. The highest BCUT2D eigenvalue weighted by atomic mass is 16.5. The fourth-order valence-electron chi connectivity index (χ4n) is 3.72. The van der Waals surface area contributed by atoms with Crippen LogP contribution in [-0.4, -0.2) is 41.5 Å². The van der Waals surface area contributed by atoms with Gasteiger partial charge < -0.3 is 4.74 Å². The first-order valence-corrected chi connectivity index (χ1v) is 7.44. The fourth-order valence-corrected chi connectivity index (χ4v) is 3.72. The van der Waals surface area contributed by atoms with Crippen molar-refractivity contribution in [2.45, 2.75) is 50.7 Å². The monoisotopic (exact) mass is 278 g/mol. The van der Waals surface area contributed by atoms with Gasteiger partial charge in [-0.2, -0.15) is 0 Å². The smallest absolute Gasteiger partial charge is 0.331 e. The zero-order valence-corrected chi connectivity index (χ0v) is 11.3. The van der Waals surface area contributed by atoms with Gasteiger partial charge in [-0.15, -0.1) is 0 Å². The van der Waals surface area contributed by atoms with Crippen molar-refractivity contribution in [1.29, 1.82) is 0 Å². The first-order valence-electron chi connectivity index (χ1n) is 7.44. The Morgan fingerprint density at radius 2 is 1.90 bits per heavy atom. The molecule has 0 radical (unpaired) electrons. The molecule has 108 valence electrons. The topological polar surface area (TPSA) is 75.7 Å². The molecule has 0 aromatic heterocycles. The number of hydrogen-bond acceptors (Lipinski definition) is 4. The summed E-state index contributed by atoms with van der Waals surface area (Å²) in [5.74, 6) is -0.228. The zero-order valence-electron chi connectivity index (χ0n) is 11.3. The van der Waals surface area contributed by atoms with Gasteiger partial charge >= 0.3 is 6.03 Å². The number of nitrogens with one attached hydrogen (secondary N) is 1. The van der Waals surface area contributed by atoms with E-state index in [1.165, 1.54) is 4.90 Å². The highest BCUT2D eigenvalue weighted by molar-refractivity contribution is 6.19. The molecule has 0 aromatic carbocycles. The maximum absolute atomic E-state index is 12.7. The minimum absolute atomic E-state index is 0.0324. The first-order chi connectivity index (χ1) is 9.63. The molecule has 4 rings (SSSR count). The molecule has 2 saturated carbocycles. The van der Waals surface area contributed by atoms with Crippen LogP contribution in [0.2, 0.25) is 0 Å². The second kappa shape index (κ2) is 4.04. The molecule has 2 aliphatic carbocycles. The summed E-state index contributed by atoms with van der Waals surface area (Å²) < 4.78 is 5.73. The number of carbonyl (C=O) groups is 3. The molecule has 1 N–H and O–H groups in total. The molecule has 4 fully saturated rings. The molecule has 6 nitrogen and oxygen atoms in total. The molecule has 2 atom stereocenters. The third-order valence-corrected chi connectivity index (χ3v) is 5.23. The Kier molecular flexibility index (Phi) is 2.49. The maximum atomic E-state index is 12.7. The van der Waals surface area contributed by atoms with E-state index in [-0.39, 0.29) is 18.1 Å². The van der Waals surface area contributed by atoms with Gasteiger partial charge in [0.25, 0.3) is 0 Å². The Morgan fingerprint density at radius 1 is 1.15 bits per heavy atom. The minimum atomic E-state index is -0.968. The molecule has 6 heteroatoms. The van der Waals surface area contributed by atoms with E-state index in [0.717, 1.165) is 19.3 Å². The summed E-state index contributed by atoms with van der Waals surface area (Å²) in [6, 6.07) is -0.751. The Balaban J connectivity index is 1.64. The average molecular weight is 278 g/mol. The number of amides is 4. The van der Waals surface area contributed by atoms with Crippen LogP contribution in [0.4, 0.5) is 4.79 Å². The zero-order chi connectivity index (χ0) is 13.9. The number of ether oxygens (including phenoxy) is 1. The summed E-state index contributed by atoms with van der Waals surface area (Å²) >= 11 is 0. The van der Waals surface area contributed by atoms with Crippen molar-refractivity contribution in [2.75, 3.05) is 6.61 Å². The molecule has 1 spiro atoms. The molecule has 4 amide bonds. The molecular formula is C14H18N2O4. The SMILES string of the molecule is O=C1NC(=O)C2(CCC2)C(=O)N1C1CCOC1C1CC1. The molecule has 2 heterocycles. The highest BCUT2D eigenvalue weighted by Crippen LogP contribution is 2.47. The van der Waals surface area contributed by atoms with Gasteiger partial charge in [-0.25, -0.2) is 4.79 Å². The number of urea groups is 1. The third kappa shape index (κ3) is 1.51. The summed E-state index contributed by atoms with van der Waals surface area (Å²) in [6.07, 6.45) is 4.85. The van der Waals surface area contributed by atoms with E-state index in [1.807, 2.05) is 0 Å². The second-order valence-corrected chi connectivity index (χ2v) is 6.40. The van der Waals surface area contributed by atoms with Crippen molar-refractivity contribution in [3.63, 3.8) is 0 Å². The van der Waals surface area contributed by atoms with Gasteiger partial charge in [0.2, 0.25) is 11.8 Å². The van der Waals surface area contributed by atoms with Crippen LogP contribution >= 0.6 is 0 Å². The van der Waals surface area contributed by atoms with E-state index < -0.39 is 17.4 Å². The minimum Gasteiger partial charge on any atom is -0.376 e. The Hall–Kier alpha value is -1.43. The Labute approximate surface area is 116 Å². The largest absolute Gasteiger partial charge is 0.376 e. The lowest BCUT2D eigenvalue weighted by molar-refractivity contribution is -0.160. The van der Waals surface area contributed by atoms with Crippen LogP contribution in [0.25, 0.3) is 0 Å². The van der Waals surface area contributed by atoms with Crippen LogP contribution in [0.3, 0.4) is 0 Å². The van der Waals surface area contributed by atoms with Gasteiger partial charge in [0.1, 0.15) is 5.41 Å². The van der Waals surface area contributed by atoms with Crippen LogP contribution in [0.15, 0.2) is 0 Å². The van der Waals surface area contributed by atoms with E-state index in [2.05, 4.69) is 5.32 Å². The number of imide groups is 2. The van der Waals surface area contributed by atoms with E-state index >= 15 is 0 Å². The quantitative estimate of drug-likeness (QED) is 0.758. The van der Waals surface area contributed by atoms with E-state index in [0.29, 0.717) is 31.8 Å². The third-order valence-electron chi connectivity index (χ3n) is 5.23. The van der Waals surface area contributed by atoms with Gasteiger partial charge in [0, 0.05) is 6.61 Å². The summed E-state index contributed by atoms with van der Waals surface area (Å²) in [7, 11) is 0. The molecule has 2 aliphatic heterocycles. The number of rotatable bonds is 2. The molecule has 2 unspecified atom stereocenters. The van der Waals surface area contributed by atoms with Gasteiger partial charge in [0.05, 0.1) is 12.1 Å². The standard InChI is InChI=1S/C14H18N2O4/c17-11-14(5-1-6-14)12(18)16(13(19)15-11)9-4-7-20-10(9)8-2-3-8/h8-10H,1-7H2,(H,15,17,19). The first kappa shape index (κ1) is 12.3. The van der Waals surface area contributed by atoms with Gasteiger partial charge in [-0.05, 0) is 38.0 Å². The summed E-state index contributed by atoms with van der Waals surface area (Å²) in [5.41, 5.74) is -0.968. The summed E-state index contributed by atoms with van der Waals surface area (Å²) in [4.78, 5) is 38.1. The Bertz CT molecular complexity index is 495. The van der Waals surface area contributed by atoms with Crippen LogP contribution < -0.4 is 5.32 Å². The number of carbonyl (C=O) groups excluding carboxylic acids is 3. The predicted octanol–water partition coefficient (Wildman–Crippen LogP) is 0.803. The molecular weight excluding hydrogens is 260 g/mol. The van der Waals surface area contributed by atoms with Crippen molar-refractivity contribution >= 4 is 17.8 Å². The van der Waals surface area contributed by atoms with Crippen molar-refractivity contribution in [3.8, 4) is 0 Å². The lowest BCUT2D eigenvalue weighted by Gasteiger charge is -2.46. The summed E-state index contributed by atoms with van der Waals surface area (Å²) in [6.45, 7) is 0.587. The van der Waals surface area contributed by atoms with E-state index in [1.54, 1.807) is 0 Å². The Morgan fingerprint density at radius 3 is 2.50 bits per heavy atom. The van der Waals surface area contributed by atoms with Crippen LogP contribution in [0, 0.1) is 11.3 Å². The van der Waals surface area contributed by atoms with Crippen LogP contribution in [-0.2, 0) is 14.3 Å². The van der Waals surface area contributed by atoms with Gasteiger partial charge in [-0.3, -0.25) is 19.8 Å².